The minimum atomic E-state index is -0.320. The molecule has 0 aliphatic rings. The van der Waals surface area contributed by atoms with Gasteiger partial charge in [0.25, 0.3) is 5.91 Å². The summed E-state index contributed by atoms with van der Waals surface area (Å²) < 4.78 is 5.24. The van der Waals surface area contributed by atoms with E-state index in [0.717, 1.165) is 11.4 Å². The van der Waals surface area contributed by atoms with Crippen molar-refractivity contribution in [1.82, 2.24) is 4.98 Å². The Bertz CT molecular complexity index is 899. The van der Waals surface area contributed by atoms with Crippen LogP contribution in [-0.4, -0.2) is 18.0 Å². The van der Waals surface area contributed by atoms with Gasteiger partial charge < -0.3 is 15.4 Å². The Morgan fingerprint density at radius 2 is 1.84 bits per heavy atom. The third kappa shape index (κ3) is 4.28. The Morgan fingerprint density at radius 1 is 1.04 bits per heavy atom. The van der Waals surface area contributed by atoms with E-state index in [1.807, 2.05) is 24.3 Å². The van der Waals surface area contributed by atoms with E-state index < -0.39 is 0 Å². The van der Waals surface area contributed by atoms with Crippen LogP contribution in [0, 0.1) is 0 Å². The highest BCUT2D eigenvalue weighted by molar-refractivity contribution is 6.30. The molecule has 1 aromatic heterocycles. The monoisotopic (exact) mass is 353 g/mol. The first-order valence-corrected chi connectivity index (χ1v) is 7.96. The molecule has 3 rings (SSSR count). The van der Waals surface area contributed by atoms with Gasteiger partial charge in [-0.05, 0) is 42.5 Å². The normalized spacial score (nSPS) is 10.2. The second-order valence-electron chi connectivity index (χ2n) is 5.22. The van der Waals surface area contributed by atoms with E-state index >= 15 is 0 Å². The quantitative estimate of drug-likeness (QED) is 0.695. The molecule has 1 amide bonds. The van der Waals surface area contributed by atoms with Crippen LogP contribution in [0.2, 0.25) is 5.02 Å². The zero-order valence-electron chi connectivity index (χ0n) is 13.5. The molecule has 0 fully saturated rings. The van der Waals surface area contributed by atoms with E-state index in [1.165, 1.54) is 0 Å². The molecule has 6 heteroatoms. The van der Waals surface area contributed by atoms with Gasteiger partial charge >= 0.3 is 0 Å². The first-order chi connectivity index (χ1) is 12.2. The molecule has 5 nitrogen and oxygen atoms in total. The number of carbonyl (C=O) groups is 1. The van der Waals surface area contributed by atoms with Gasteiger partial charge in [-0.15, -0.1) is 0 Å². The summed E-state index contributed by atoms with van der Waals surface area (Å²) in [5.41, 5.74) is 2.44. The van der Waals surface area contributed by atoms with Crippen LogP contribution in [0.15, 0.2) is 66.9 Å². The molecule has 0 saturated heterocycles. The highest BCUT2D eigenvalue weighted by Gasteiger charge is 2.11. The Kier molecular flexibility index (Phi) is 5.16. The SMILES string of the molecule is COc1ccccc1NC(=O)c1cc(Nc2cccc(Cl)c2)ccn1. The summed E-state index contributed by atoms with van der Waals surface area (Å²) in [5.74, 6) is 0.267. The second kappa shape index (κ2) is 7.68. The topological polar surface area (TPSA) is 63.2 Å². The average Bonchev–Trinajstić information content (AvgIpc) is 2.62. The predicted molar refractivity (Wildman–Crippen MR) is 99.9 cm³/mol. The molecule has 0 atom stereocenters. The number of hydrogen-bond donors (Lipinski definition) is 2. The van der Waals surface area contributed by atoms with Crippen molar-refractivity contribution in [2.45, 2.75) is 0 Å². The number of rotatable bonds is 5. The van der Waals surface area contributed by atoms with Crippen molar-refractivity contribution < 1.29 is 9.53 Å². The van der Waals surface area contributed by atoms with Crippen molar-refractivity contribution in [3.8, 4) is 5.75 Å². The molecule has 0 aliphatic heterocycles. The number of aromatic nitrogens is 1. The van der Waals surface area contributed by atoms with Gasteiger partial charge in [-0.3, -0.25) is 9.78 Å². The van der Waals surface area contributed by atoms with Gasteiger partial charge in [-0.2, -0.15) is 0 Å². The van der Waals surface area contributed by atoms with E-state index in [1.54, 1.807) is 49.7 Å². The third-order valence-corrected chi connectivity index (χ3v) is 3.70. The maximum atomic E-state index is 12.5. The van der Waals surface area contributed by atoms with E-state index in [4.69, 9.17) is 16.3 Å². The standard InChI is InChI=1S/C19H16ClN3O2/c1-25-18-8-3-2-7-16(18)23-19(24)17-12-15(9-10-21-17)22-14-6-4-5-13(20)11-14/h2-12H,1H3,(H,21,22)(H,23,24). The smallest absolute Gasteiger partial charge is 0.274 e. The second-order valence-corrected chi connectivity index (χ2v) is 5.66. The summed E-state index contributed by atoms with van der Waals surface area (Å²) >= 11 is 5.98. The molecular weight excluding hydrogens is 338 g/mol. The number of carbonyl (C=O) groups excluding carboxylic acids is 1. The van der Waals surface area contributed by atoms with Crippen LogP contribution in [0.3, 0.4) is 0 Å². The van der Waals surface area contributed by atoms with E-state index in [-0.39, 0.29) is 11.6 Å². The number of para-hydroxylation sites is 2. The highest BCUT2D eigenvalue weighted by Crippen LogP contribution is 2.24. The lowest BCUT2D eigenvalue weighted by Crippen LogP contribution is -2.14. The fourth-order valence-corrected chi connectivity index (χ4v) is 2.49. The summed E-state index contributed by atoms with van der Waals surface area (Å²) in [7, 11) is 1.55. The lowest BCUT2D eigenvalue weighted by atomic mass is 10.2. The zero-order valence-corrected chi connectivity index (χ0v) is 14.2. The third-order valence-electron chi connectivity index (χ3n) is 3.46. The number of anilines is 3. The molecule has 0 aliphatic carbocycles. The maximum absolute atomic E-state index is 12.5. The molecule has 1 heterocycles. The van der Waals surface area contributed by atoms with Gasteiger partial charge in [0, 0.05) is 22.6 Å². The molecule has 0 radical (unpaired) electrons. The molecule has 0 saturated carbocycles. The Labute approximate surface area is 150 Å². The van der Waals surface area contributed by atoms with E-state index in [0.29, 0.717) is 16.5 Å². The molecule has 0 spiro atoms. The summed E-state index contributed by atoms with van der Waals surface area (Å²) in [6.07, 6.45) is 1.57. The van der Waals surface area contributed by atoms with Crippen LogP contribution < -0.4 is 15.4 Å². The maximum Gasteiger partial charge on any atom is 0.274 e. The summed E-state index contributed by atoms with van der Waals surface area (Å²) in [4.78, 5) is 16.6. The van der Waals surface area contributed by atoms with Crippen LogP contribution in [-0.2, 0) is 0 Å². The van der Waals surface area contributed by atoms with Crippen LogP contribution in [0.25, 0.3) is 0 Å². The number of amides is 1. The summed E-state index contributed by atoms with van der Waals surface area (Å²) in [6, 6.07) is 18.0. The fourth-order valence-electron chi connectivity index (χ4n) is 2.30. The molecular formula is C19H16ClN3O2. The zero-order chi connectivity index (χ0) is 17.6. The molecule has 3 aromatic rings. The van der Waals surface area contributed by atoms with E-state index in [2.05, 4.69) is 15.6 Å². The summed E-state index contributed by atoms with van der Waals surface area (Å²) in [5, 5.41) is 6.63. The van der Waals surface area contributed by atoms with Crippen molar-refractivity contribution in [3.63, 3.8) is 0 Å². The number of methoxy groups -OCH3 is 1. The number of halogens is 1. The Balaban J connectivity index is 1.77. The van der Waals surface area contributed by atoms with Crippen molar-refractivity contribution in [3.05, 3.63) is 77.6 Å². The fraction of sp³-hybridized carbons (Fsp3) is 0.0526. The van der Waals surface area contributed by atoms with Gasteiger partial charge in [0.05, 0.1) is 12.8 Å². The number of pyridine rings is 1. The first kappa shape index (κ1) is 16.8. The lowest BCUT2D eigenvalue weighted by Gasteiger charge is -2.11. The average molecular weight is 354 g/mol. The van der Waals surface area contributed by atoms with Crippen molar-refractivity contribution in [2.75, 3.05) is 17.7 Å². The highest BCUT2D eigenvalue weighted by atomic mass is 35.5. The number of benzene rings is 2. The van der Waals surface area contributed by atoms with Gasteiger partial charge in [-0.1, -0.05) is 29.8 Å². The lowest BCUT2D eigenvalue weighted by molar-refractivity contribution is 0.102. The largest absolute Gasteiger partial charge is 0.495 e. The molecule has 2 N–H and O–H groups in total. The molecule has 25 heavy (non-hydrogen) atoms. The van der Waals surface area contributed by atoms with Crippen molar-refractivity contribution >= 4 is 34.6 Å². The van der Waals surface area contributed by atoms with Gasteiger partial charge in [-0.25, -0.2) is 0 Å². The number of nitrogens with one attached hydrogen (secondary N) is 2. The van der Waals surface area contributed by atoms with Crippen LogP contribution in [0.1, 0.15) is 10.5 Å². The number of ether oxygens (including phenoxy) is 1. The molecule has 2 aromatic carbocycles. The molecule has 0 bridgehead atoms. The summed E-state index contributed by atoms with van der Waals surface area (Å²) in [6.45, 7) is 0. The number of nitrogens with zero attached hydrogens (tertiary/aromatic N) is 1. The van der Waals surface area contributed by atoms with Crippen LogP contribution >= 0.6 is 11.6 Å². The number of hydrogen-bond acceptors (Lipinski definition) is 4. The Morgan fingerprint density at radius 3 is 2.64 bits per heavy atom. The van der Waals surface area contributed by atoms with Gasteiger partial charge in [0.2, 0.25) is 0 Å². The minimum Gasteiger partial charge on any atom is -0.495 e. The van der Waals surface area contributed by atoms with E-state index in [9.17, 15) is 4.79 Å². The predicted octanol–water partition coefficient (Wildman–Crippen LogP) is 4.74. The van der Waals surface area contributed by atoms with Gasteiger partial charge in [0.15, 0.2) is 0 Å². The van der Waals surface area contributed by atoms with Crippen molar-refractivity contribution in [2.24, 2.45) is 0 Å². The van der Waals surface area contributed by atoms with Crippen molar-refractivity contribution in [1.29, 1.82) is 0 Å². The van der Waals surface area contributed by atoms with Crippen LogP contribution in [0.4, 0.5) is 17.1 Å². The molecule has 0 unspecified atom stereocenters. The minimum absolute atomic E-state index is 0.290. The Hall–Kier alpha value is -3.05. The van der Waals surface area contributed by atoms with Crippen LogP contribution in [0.5, 0.6) is 5.75 Å². The van der Waals surface area contributed by atoms with Gasteiger partial charge in [0.1, 0.15) is 11.4 Å². The molecule has 126 valence electrons. The first-order valence-electron chi connectivity index (χ1n) is 7.59.